The number of rotatable bonds is 6. The summed E-state index contributed by atoms with van der Waals surface area (Å²) in [4.78, 5) is 20.9. The minimum absolute atomic E-state index is 0.0162. The molecule has 0 fully saturated rings. The molecule has 0 amide bonds. The lowest BCUT2D eigenvalue weighted by Crippen LogP contribution is -2.25. The van der Waals surface area contributed by atoms with Crippen molar-refractivity contribution < 1.29 is 35.1 Å². The van der Waals surface area contributed by atoms with Crippen LogP contribution in [0.4, 0.5) is 33.6 Å². The molecule has 15 heteroatoms. The Morgan fingerprint density at radius 1 is 0.976 bits per heavy atom. The highest BCUT2D eigenvalue weighted by atomic mass is 32.2. The summed E-state index contributed by atoms with van der Waals surface area (Å²) >= 11 is 0. The fourth-order valence-electron chi connectivity index (χ4n) is 4.23. The lowest BCUT2D eigenvalue weighted by atomic mass is 10.1. The molecule has 216 valence electrons. The minimum atomic E-state index is -4.77. The molecule has 0 saturated heterocycles. The average Bonchev–Trinajstić information content (AvgIpc) is 2.93. The van der Waals surface area contributed by atoms with E-state index >= 15 is 0 Å². The second kappa shape index (κ2) is 10.4. The van der Waals surface area contributed by atoms with Crippen molar-refractivity contribution in [2.45, 2.75) is 11.1 Å². The Morgan fingerprint density at radius 2 is 1.71 bits per heavy atom. The van der Waals surface area contributed by atoms with Crippen molar-refractivity contribution in [1.82, 2.24) is 14.5 Å². The quantitative estimate of drug-likeness (QED) is 0.257. The van der Waals surface area contributed by atoms with Crippen LogP contribution in [0.3, 0.4) is 0 Å². The van der Waals surface area contributed by atoms with Gasteiger partial charge in [0.2, 0.25) is 11.8 Å². The van der Waals surface area contributed by atoms with Crippen LogP contribution in [0, 0.1) is 11.6 Å². The second-order valence-corrected chi connectivity index (χ2v) is 10.5. The highest BCUT2D eigenvalue weighted by Gasteiger charge is 2.34. The molecular formula is C27H18F5N5O4S. The van der Waals surface area contributed by atoms with Crippen LogP contribution in [-0.4, -0.2) is 30.1 Å². The zero-order chi connectivity index (χ0) is 30.4. The number of alkyl halides is 3. The van der Waals surface area contributed by atoms with Gasteiger partial charge in [0.25, 0.3) is 15.6 Å². The molecule has 0 unspecified atom stereocenters. The molecule has 2 heterocycles. The van der Waals surface area contributed by atoms with E-state index in [9.17, 15) is 35.2 Å². The Balaban J connectivity index is 1.60. The third-order valence-electron chi connectivity index (χ3n) is 6.16. The summed E-state index contributed by atoms with van der Waals surface area (Å²) in [5.41, 5.74) is 3.52. The van der Waals surface area contributed by atoms with Crippen LogP contribution in [0.15, 0.2) is 82.6 Å². The second-order valence-electron chi connectivity index (χ2n) is 8.82. The number of anilines is 2. The first kappa shape index (κ1) is 28.5. The lowest BCUT2D eigenvalue weighted by molar-refractivity contribution is -0.137. The number of benzene rings is 3. The zero-order valence-corrected chi connectivity index (χ0v) is 22.1. The summed E-state index contributed by atoms with van der Waals surface area (Å²) in [6.07, 6.45) is -3.50. The van der Waals surface area contributed by atoms with E-state index in [1.807, 2.05) is 4.72 Å². The number of fused-ring (bicyclic) bond motifs is 1. The van der Waals surface area contributed by atoms with Gasteiger partial charge in [0.1, 0.15) is 16.5 Å². The SMILES string of the molecule is COc1ncc(-c2ccc3c(=O)n(-c4ccccc4C(F)(F)F)c(N)nc3c2)cc1S(=O)(=O)Nc1ccc(F)cc1F. The van der Waals surface area contributed by atoms with E-state index in [0.29, 0.717) is 16.2 Å². The lowest BCUT2D eigenvalue weighted by Gasteiger charge is -2.16. The molecule has 0 spiro atoms. The molecule has 0 aliphatic heterocycles. The molecule has 0 aliphatic carbocycles. The minimum Gasteiger partial charge on any atom is -0.480 e. The smallest absolute Gasteiger partial charge is 0.418 e. The van der Waals surface area contributed by atoms with Gasteiger partial charge >= 0.3 is 6.18 Å². The van der Waals surface area contributed by atoms with Gasteiger partial charge < -0.3 is 10.5 Å². The van der Waals surface area contributed by atoms with E-state index in [2.05, 4.69) is 9.97 Å². The molecule has 0 radical (unpaired) electrons. The van der Waals surface area contributed by atoms with E-state index < -0.39 is 61.2 Å². The van der Waals surface area contributed by atoms with E-state index in [-0.39, 0.29) is 22.3 Å². The standard InChI is InChI=1S/C27H18F5N5O4S/c1-41-24-23(42(39,40)36-20-9-7-16(28)12-19(20)29)11-15(13-34-24)14-6-8-17-21(10-14)35-26(33)37(25(17)38)22-5-3-2-4-18(22)27(30,31)32/h2-13,36H,1H3,(H2,33,35). The van der Waals surface area contributed by atoms with Gasteiger partial charge in [-0.2, -0.15) is 13.2 Å². The van der Waals surface area contributed by atoms with Gasteiger partial charge in [0.05, 0.1) is 35.0 Å². The van der Waals surface area contributed by atoms with Crippen molar-refractivity contribution in [3.05, 3.63) is 100 Å². The third kappa shape index (κ3) is 5.21. The van der Waals surface area contributed by atoms with Crippen LogP contribution in [0.2, 0.25) is 0 Å². The molecular weight excluding hydrogens is 585 g/mol. The maximum atomic E-state index is 14.1. The van der Waals surface area contributed by atoms with Gasteiger partial charge in [-0.1, -0.05) is 18.2 Å². The van der Waals surface area contributed by atoms with Crippen LogP contribution < -0.4 is 20.8 Å². The fourth-order valence-corrected chi connectivity index (χ4v) is 5.44. The Morgan fingerprint density at radius 3 is 2.40 bits per heavy atom. The van der Waals surface area contributed by atoms with Gasteiger partial charge in [-0.3, -0.25) is 9.52 Å². The number of para-hydroxylation sites is 1. The number of ether oxygens (including phenoxy) is 1. The van der Waals surface area contributed by atoms with Crippen LogP contribution in [0.1, 0.15) is 5.56 Å². The molecule has 9 nitrogen and oxygen atoms in total. The highest BCUT2D eigenvalue weighted by molar-refractivity contribution is 7.92. The first-order valence-electron chi connectivity index (χ1n) is 11.8. The van der Waals surface area contributed by atoms with Crippen LogP contribution >= 0.6 is 0 Å². The predicted molar refractivity (Wildman–Crippen MR) is 144 cm³/mol. The largest absolute Gasteiger partial charge is 0.480 e. The Kier molecular flexibility index (Phi) is 7.06. The van der Waals surface area contributed by atoms with Gasteiger partial charge in [0.15, 0.2) is 0 Å². The van der Waals surface area contributed by atoms with Crippen molar-refractivity contribution in [2.24, 2.45) is 0 Å². The summed E-state index contributed by atoms with van der Waals surface area (Å²) in [7, 11) is -3.34. The monoisotopic (exact) mass is 603 g/mol. The number of nitrogens with one attached hydrogen (secondary N) is 1. The normalized spacial score (nSPS) is 12.0. The van der Waals surface area contributed by atoms with Crippen molar-refractivity contribution in [3.8, 4) is 22.7 Å². The Hall–Kier alpha value is -5.05. The molecule has 3 N–H and O–H groups in total. The summed E-state index contributed by atoms with van der Waals surface area (Å²) in [5, 5.41) is -0.0623. The number of sulfonamides is 1. The number of halogens is 5. The summed E-state index contributed by atoms with van der Waals surface area (Å²) in [6, 6.07) is 12.0. The van der Waals surface area contributed by atoms with E-state index in [4.69, 9.17) is 10.5 Å². The van der Waals surface area contributed by atoms with Gasteiger partial charge in [-0.05, 0) is 48.0 Å². The molecule has 5 rings (SSSR count). The number of pyridine rings is 1. The molecule has 0 bridgehead atoms. The summed E-state index contributed by atoms with van der Waals surface area (Å²) in [5.74, 6) is -2.90. The average molecular weight is 604 g/mol. The first-order valence-corrected chi connectivity index (χ1v) is 13.3. The number of nitrogens with zero attached hydrogens (tertiary/aromatic N) is 3. The van der Waals surface area contributed by atoms with Crippen LogP contribution in [0.5, 0.6) is 5.88 Å². The molecule has 0 atom stereocenters. The van der Waals surface area contributed by atoms with Crippen molar-refractivity contribution in [3.63, 3.8) is 0 Å². The zero-order valence-electron chi connectivity index (χ0n) is 21.3. The van der Waals surface area contributed by atoms with Crippen LogP contribution in [0.25, 0.3) is 27.7 Å². The van der Waals surface area contributed by atoms with Crippen molar-refractivity contribution >= 4 is 32.6 Å². The number of nitrogen functional groups attached to an aromatic ring is 1. The number of hydrogen-bond acceptors (Lipinski definition) is 7. The molecule has 5 aromatic rings. The molecule has 3 aromatic carbocycles. The van der Waals surface area contributed by atoms with E-state index in [0.717, 1.165) is 24.3 Å². The van der Waals surface area contributed by atoms with Crippen molar-refractivity contribution in [2.75, 3.05) is 17.6 Å². The number of hydrogen-bond donors (Lipinski definition) is 2. The molecule has 0 aliphatic rings. The van der Waals surface area contributed by atoms with Gasteiger partial charge in [-0.15, -0.1) is 0 Å². The Bertz CT molecular complexity index is 2030. The van der Waals surface area contributed by atoms with E-state index in [1.54, 1.807) is 0 Å². The van der Waals surface area contributed by atoms with Crippen molar-refractivity contribution in [1.29, 1.82) is 0 Å². The number of aromatic nitrogens is 3. The molecule has 42 heavy (non-hydrogen) atoms. The van der Waals surface area contributed by atoms with Crippen LogP contribution in [-0.2, 0) is 16.2 Å². The highest BCUT2D eigenvalue weighted by Crippen LogP contribution is 2.35. The Labute approximate surface area is 234 Å². The number of nitrogens with two attached hydrogens (primary N) is 1. The molecule has 0 saturated carbocycles. The fraction of sp³-hybridized carbons (Fsp3) is 0.0741. The maximum absolute atomic E-state index is 14.1. The first-order chi connectivity index (χ1) is 19.8. The van der Waals surface area contributed by atoms with E-state index in [1.165, 1.54) is 49.7 Å². The third-order valence-corrected chi connectivity index (χ3v) is 7.52. The predicted octanol–water partition coefficient (Wildman–Crippen LogP) is 5.14. The number of methoxy groups -OCH3 is 1. The molecule has 2 aromatic heterocycles. The summed E-state index contributed by atoms with van der Waals surface area (Å²) in [6.45, 7) is 0. The maximum Gasteiger partial charge on any atom is 0.418 e. The topological polar surface area (TPSA) is 129 Å². The van der Waals surface area contributed by atoms with Gasteiger partial charge in [0, 0.05) is 17.8 Å². The van der Waals surface area contributed by atoms with Gasteiger partial charge in [-0.25, -0.2) is 31.7 Å². The summed E-state index contributed by atoms with van der Waals surface area (Å²) < 4.78 is 102.